The van der Waals surface area contributed by atoms with Crippen LogP contribution in [0.1, 0.15) is 40.9 Å². The van der Waals surface area contributed by atoms with Crippen molar-refractivity contribution in [3.63, 3.8) is 0 Å². The molecule has 138 valence electrons. The van der Waals surface area contributed by atoms with Crippen LogP contribution >= 0.6 is 0 Å². The first kappa shape index (κ1) is 18.2. The zero-order valence-electron chi connectivity index (χ0n) is 14.1. The Morgan fingerprint density at radius 3 is 2.42 bits per heavy atom. The molecule has 0 spiro atoms. The summed E-state index contributed by atoms with van der Waals surface area (Å²) in [6, 6.07) is 6.22. The Morgan fingerprint density at radius 1 is 1.08 bits per heavy atom. The molecule has 1 fully saturated rings. The van der Waals surface area contributed by atoms with Gasteiger partial charge < -0.3 is 10.2 Å². The van der Waals surface area contributed by atoms with E-state index in [1.54, 1.807) is 6.20 Å². The van der Waals surface area contributed by atoms with Gasteiger partial charge in [-0.3, -0.25) is 4.79 Å². The molecule has 5 nitrogen and oxygen atoms in total. The van der Waals surface area contributed by atoms with E-state index >= 15 is 0 Å². The van der Waals surface area contributed by atoms with E-state index in [1.165, 1.54) is 24.6 Å². The number of carbonyl (C=O) groups is 1. The second-order valence-electron chi connectivity index (χ2n) is 6.17. The van der Waals surface area contributed by atoms with E-state index < -0.39 is 11.7 Å². The highest BCUT2D eigenvalue weighted by molar-refractivity contribution is 5.92. The number of nitrogens with zero attached hydrogens (tertiary/aromatic N) is 3. The van der Waals surface area contributed by atoms with Crippen LogP contribution in [0.3, 0.4) is 0 Å². The first-order valence-electron chi connectivity index (χ1n) is 8.46. The normalized spacial score (nSPS) is 15.0. The first-order chi connectivity index (χ1) is 12.4. The zero-order valence-corrected chi connectivity index (χ0v) is 14.1. The van der Waals surface area contributed by atoms with Crippen LogP contribution in [0, 0.1) is 0 Å². The Balaban J connectivity index is 1.61. The van der Waals surface area contributed by atoms with Crippen LogP contribution in [-0.4, -0.2) is 29.0 Å². The van der Waals surface area contributed by atoms with Crippen LogP contribution in [0.4, 0.5) is 19.1 Å². The lowest BCUT2D eigenvalue weighted by molar-refractivity contribution is -0.137. The van der Waals surface area contributed by atoms with Crippen LogP contribution in [0.5, 0.6) is 0 Å². The Labute approximate surface area is 149 Å². The number of aromatic nitrogens is 2. The number of halogens is 3. The lowest BCUT2D eigenvalue weighted by Gasteiger charge is -2.26. The molecule has 0 aliphatic carbocycles. The van der Waals surface area contributed by atoms with Crippen molar-refractivity contribution in [1.82, 2.24) is 15.3 Å². The smallest absolute Gasteiger partial charge is 0.347 e. The molecule has 2 aromatic rings. The van der Waals surface area contributed by atoms with E-state index in [2.05, 4.69) is 20.2 Å². The minimum atomic E-state index is -4.37. The summed E-state index contributed by atoms with van der Waals surface area (Å²) >= 11 is 0. The predicted molar refractivity (Wildman–Crippen MR) is 90.7 cm³/mol. The summed E-state index contributed by atoms with van der Waals surface area (Å²) in [4.78, 5) is 22.9. The van der Waals surface area contributed by atoms with E-state index in [4.69, 9.17) is 0 Å². The molecular formula is C18H19F3N4O. The number of alkyl halides is 3. The second-order valence-corrected chi connectivity index (χ2v) is 6.17. The molecule has 1 N–H and O–H groups in total. The van der Waals surface area contributed by atoms with Gasteiger partial charge in [-0.2, -0.15) is 13.2 Å². The van der Waals surface area contributed by atoms with Crippen molar-refractivity contribution < 1.29 is 18.0 Å². The van der Waals surface area contributed by atoms with Gasteiger partial charge in [0.2, 0.25) is 5.95 Å². The number of benzene rings is 1. The minimum absolute atomic E-state index is 0.125. The summed E-state index contributed by atoms with van der Waals surface area (Å²) in [6.07, 6.45) is 0.517. The largest absolute Gasteiger partial charge is 0.416 e. The van der Waals surface area contributed by atoms with Crippen LogP contribution in [0.15, 0.2) is 36.5 Å². The topological polar surface area (TPSA) is 58.1 Å². The molecule has 1 aliphatic heterocycles. The highest BCUT2D eigenvalue weighted by atomic mass is 19.4. The van der Waals surface area contributed by atoms with Crippen LogP contribution in [-0.2, 0) is 12.7 Å². The minimum Gasteiger partial charge on any atom is -0.347 e. The molecule has 0 saturated carbocycles. The third-order valence-corrected chi connectivity index (χ3v) is 4.25. The fourth-order valence-corrected chi connectivity index (χ4v) is 2.81. The molecule has 8 heteroatoms. The van der Waals surface area contributed by atoms with Gasteiger partial charge >= 0.3 is 6.18 Å². The molecule has 0 bridgehead atoms. The summed E-state index contributed by atoms with van der Waals surface area (Å²) in [5.74, 6) is 0.150. The highest BCUT2D eigenvalue weighted by Gasteiger charge is 2.29. The van der Waals surface area contributed by atoms with E-state index in [0.29, 0.717) is 11.5 Å². The Bertz CT molecular complexity index is 756. The standard InChI is InChI=1S/C18H19F3N4O/c19-18(20,21)14-6-4-13(5-7-14)12-23-16(26)15-8-9-22-17(24-15)25-10-2-1-3-11-25/h4-9H,1-3,10-12H2,(H,23,26). The molecular weight excluding hydrogens is 345 g/mol. The SMILES string of the molecule is O=C(NCc1ccc(C(F)(F)F)cc1)c1ccnc(N2CCCCC2)n1. The van der Waals surface area contributed by atoms with Crippen molar-refractivity contribution in [3.05, 3.63) is 53.3 Å². The maximum absolute atomic E-state index is 12.6. The number of hydrogen-bond acceptors (Lipinski definition) is 4. The number of amides is 1. The van der Waals surface area contributed by atoms with Crippen molar-refractivity contribution in [2.24, 2.45) is 0 Å². The van der Waals surface area contributed by atoms with E-state index in [1.807, 2.05) is 0 Å². The molecule has 0 radical (unpaired) electrons. The van der Waals surface area contributed by atoms with Crippen LogP contribution < -0.4 is 10.2 Å². The highest BCUT2D eigenvalue weighted by Crippen LogP contribution is 2.29. The van der Waals surface area contributed by atoms with Crippen molar-refractivity contribution >= 4 is 11.9 Å². The van der Waals surface area contributed by atoms with E-state index in [9.17, 15) is 18.0 Å². The molecule has 1 aromatic carbocycles. The number of nitrogens with one attached hydrogen (secondary N) is 1. The number of carbonyl (C=O) groups excluding carboxylic acids is 1. The summed E-state index contributed by atoms with van der Waals surface area (Å²) < 4.78 is 37.7. The Kier molecular flexibility index (Phi) is 5.39. The summed E-state index contributed by atoms with van der Waals surface area (Å²) in [6.45, 7) is 1.87. The fraction of sp³-hybridized carbons (Fsp3) is 0.389. The van der Waals surface area contributed by atoms with Gasteiger partial charge in [0.15, 0.2) is 0 Å². The third kappa shape index (κ3) is 4.50. The number of anilines is 1. The van der Waals surface area contributed by atoms with Gasteiger partial charge in [-0.1, -0.05) is 12.1 Å². The summed E-state index contributed by atoms with van der Waals surface area (Å²) in [5, 5.41) is 2.67. The van der Waals surface area contributed by atoms with Crippen LogP contribution in [0.25, 0.3) is 0 Å². The number of hydrogen-bond donors (Lipinski definition) is 1. The summed E-state index contributed by atoms with van der Waals surface area (Å²) in [7, 11) is 0. The number of piperidine rings is 1. The van der Waals surface area contributed by atoms with Gasteiger partial charge in [0.05, 0.1) is 5.56 Å². The lowest BCUT2D eigenvalue weighted by Crippen LogP contribution is -2.32. The van der Waals surface area contributed by atoms with Crippen molar-refractivity contribution in [3.8, 4) is 0 Å². The molecule has 0 atom stereocenters. The van der Waals surface area contributed by atoms with E-state index in [0.717, 1.165) is 38.1 Å². The van der Waals surface area contributed by atoms with Crippen molar-refractivity contribution in [1.29, 1.82) is 0 Å². The average Bonchev–Trinajstić information content (AvgIpc) is 2.66. The van der Waals surface area contributed by atoms with E-state index in [-0.39, 0.29) is 18.1 Å². The van der Waals surface area contributed by atoms with Gasteiger partial charge in [0, 0.05) is 25.8 Å². The third-order valence-electron chi connectivity index (χ3n) is 4.25. The maximum atomic E-state index is 12.6. The molecule has 0 unspecified atom stereocenters. The maximum Gasteiger partial charge on any atom is 0.416 e. The van der Waals surface area contributed by atoms with Gasteiger partial charge in [-0.05, 0) is 43.0 Å². The second kappa shape index (κ2) is 7.72. The quantitative estimate of drug-likeness (QED) is 0.903. The van der Waals surface area contributed by atoms with Gasteiger partial charge in [-0.25, -0.2) is 9.97 Å². The molecule has 1 amide bonds. The van der Waals surface area contributed by atoms with Gasteiger partial charge in [0.1, 0.15) is 5.69 Å². The first-order valence-corrected chi connectivity index (χ1v) is 8.46. The molecule has 1 aromatic heterocycles. The number of rotatable bonds is 4. The zero-order chi connectivity index (χ0) is 18.6. The monoisotopic (exact) mass is 364 g/mol. The summed E-state index contributed by atoms with van der Waals surface area (Å²) in [5.41, 5.74) is 0.110. The molecule has 1 aliphatic rings. The molecule has 1 saturated heterocycles. The Hall–Kier alpha value is -2.64. The molecule has 2 heterocycles. The Morgan fingerprint density at radius 2 is 1.77 bits per heavy atom. The van der Waals surface area contributed by atoms with Crippen molar-refractivity contribution in [2.75, 3.05) is 18.0 Å². The van der Waals surface area contributed by atoms with Crippen LogP contribution in [0.2, 0.25) is 0 Å². The van der Waals surface area contributed by atoms with Gasteiger partial charge in [0.25, 0.3) is 5.91 Å². The molecule has 26 heavy (non-hydrogen) atoms. The lowest BCUT2D eigenvalue weighted by atomic mass is 10.1. The fourth-order valence-electron chi connectivity index (χ4n) is 2.81. The molecule has 3 rings (SSSR count). The van der Waals surface area contributed by atoms with Crippen molar-refractivity contribution in [2.45, 2.75) is 32.0 Å². The predicted octanol–water partition coefficient (Wildman–Crippen LogP) is 3.42. The van der Waals surface area contributed by atoms with Gasteiger partial charge in [-0.15, -0.1) is 0 Å². The average molecular weight is 364 g/mol.